The molecule has 0 aliphatic carbocycles. The second-order valence-corrected chi connectivity index (χ2v) is 8.06. The van der Waals surface area contributed by atoms with Crippen molar-refractivity contribution in [2.75, 3.05) is 12.4 Å². The van der Waals surface area contributed by atoms with Crippen molar-refractivity contribution >= 4 is 17.3 Å². The van der Waals surface area contributed by atoms with E-state index >= 15 is 0 Å². The van der Waals surface area contributed by atoms with Gasteiger partial charge < -0.3 is 19.9 Å². The summed E-state index contributed by atoms with van der Waals surface area (Å²) >= 11 is 6.31. The smallest absolute Gasteiger partial charge is 0.176 e. The zero-order valence-corrected chi connectivity index (χ0v) is 18.2. The Kier molecular flexibility index (Phi) is 5.25. The summed E-state index contributed by atoms with van der Waals surface area (Å²) in [6.07, 6.45) is -0.544. The topological polar surface area (TPSA) is 50.7 Å². The van der Waals surface area contributed by atoms with Crippen LogP contribution in [0.4, 0.5) is 5.69 Å². The molecule has 1 aliphatic rings. The minimum absolute atomic E-state index is 0.0912. The van der Waals surface area contributed by atoms with E-state index in [0.717, 1.165) is 27.9 Å². The molecule has 5 heteroatoms. The van der Waals surface area contributed by atoms with Gasteiger partial charge in [-0.25, -0.2) is 0 Å². The number of rotatable bonds is 4. The summed E-state index contributed by atoms with van der Waals surface area (Å²) in [5.74, 6) is 0.202. The van der Waals surface area contributed by atoms with Crippen molar-refractivity contribution in [3.63, 3.8) is 0 Å². The molecule has 1 aliphatic heterocycles. The van der Waals surface area contributed by atoms with Gasteiger partial charge in [-0.1, -0.05) is 90.5 Å². The van der Waals surface area contributed by atoms with Crippen molar-refractivity contribution in [1.29, 1.82) is 0 Å². The fraction of sp³-hybridized carbons (Fsp3) is 0.111. The molecule has 0 bridgehead atoms. The molecule has 0 unspecified atom stereocenters. The zero-order valence-electron chi connectivity index (χ0n) is 17.5. The highest BCUT2D eigenvalue weighted by molar-refractivity contribution is 6.32. The van der Waals surface area contributed by atoms with Crippen molar-refractivity contribution < 1.29 is 14.6 Å². The van der Waals surface area contributed by atoms with Gasteiger partial charge in [0, 0.05) is 16.8 Å². The molecule has 4 nitrogen and oxygen atoms in total. The molecule has 4 aromatic rings. The lowest BCUT2D eigenvalue weighted by Crippen LogP contribution is -2.40. The van der Waals surface area contributed by atoms with E-state index < -0.39 is 11.8 Å². The molecule has 32 heavy (non-hydrogen) atoms. The van der Waals surface area contributed by atoms with E-state index in [0.29, 0.717) is 5.75 Å². The van der Waals surface area contributed by atoms with Crippen LogP contribution in [0.5, 0.6) is 11.5 Å². The van der Waals surface area contributed by atoms with Gasteiger partial charge in [0.05, 0.1) is 12.1 Å². The van der Waals surface area contributed by atoms with Crippen LogP contribution >= 0.6 is 11.6 Å². The van der Waals surface area contributed by atoms with E-state index in [1.807, 2.05) is 54.6 Å². The molecule has 0 spiro atoms. The Morgan fingerprint density at radius 3 is 2.09 bits per heavy atom. The Morgan fingerprint density at radius 2 is 1.47 bits per heavy atom. The monoisotopic (exact) mass is 443 g/mol. The highest BCUT2D eigenvalue weighted by atomic mass is 35.5. The molecule has 0 fully saturated rings. The third-order valence-electron chi connectivity index (χ3n) is 5.82. The molecule has 0 radical (unpaired) electrons. The number of ether oxygens (including phenoxy) is 2. The van der Waals surface area contributed by atoms with Crippen molar-refractivity contribution in [3.05, 3.63) is 124 Å². The van der Waals surface area contributed by atoms with E-state index in [1.165, 1.54) is 7.11 Å². The van der Waals surface area contributed by atoms with Crippen LogP contribution in [0.1, 0.15) is 28.5 Å². The molecule has 0 amide bonds. The van der Waals surface area contributed by atoms with Crippen LogP contribution < -0.4 is 10.1 Å². The predicted octanol–water partition coefficient (Wildman–Crippen LogP) is 6.49. The first-order valence-corrected chi connectivity index (χ1v) is 10.7. The number of phenols is 1. The second kappa shape index (κ2) is 8.23. The number of halogens is 1. The number of para-hydroxylation sites is 1. The summed E-state index contributed by atoms with van der Waals surface area (Å²) < 4.78 is 12.3. The minimum atomic E-state index is -0.855. The largest absolute Gasteiger partial charge is 0.503 e. The number of methoxy groups -OCH3 is 1. The van der Waals surface area contributed by atoms with E-state index in [2.05, 4.69) is 35.6 Å². The Morgan fingerprint density at radius 1 is 0.875 bits per heavy atom. The maximum atomic E-state index is 10.2. The molecular weight excluding hydrogens is 422 g/mol. The van der Waals surface area contributed by atoms with Gasteiger partial charge in [-0.15, -0.1) is 0 Å². The van der Waals surface area contributed by atoms with Gasteiger partial charge in [-0.05, 0) is 29.3 Å². The SMILES string of the molecule is COc1cc([C@@H]2Nc3ccccc3C(c3ccccc3)(c3ccccc3)O2)cc(Cl)c1O. The highest BCUT2D eigenvalue weighted by Gasteiger charge is 2.45. The van der Waals surface area contributed by atoms with Crippen LogP contribution in [0.25, 0.3) is 0 Å². The number of anilines is 1. The molecule has 0 aromatic heterocycles. The molecular formula is C27H22ClNO3. The van der Waals surface area contributed by atoms with E-state index in [1.54, 1.807) is 12.1 Å². The maximum Gasteiger partial charge on any atom is 0.176 e. The van der Waals surface area contributed by atoms with E-state index in [-0.39, 0.29) is 10.8 Å². The summed E-state index contributed by atoms with van der Waals surface area (Å²) in [7, 11) is 1.50. The van der Waals surface area contributed by atoms with Gasteiger partial charge in [-0.2, -0.15) is 0 Å². The second-order valence-electron chi connectivity index (χ2n) is 7.65. The number of benzene rings is 4. The lowest BCUT2D eigenvalue weighted by Gasteiger charge is -2.44. The van der Waals surface area contributed by atoms with Crippen LogP contribution in [0.3, 0.4) is 0 Å². The Labute approximate surface area is 192 Å². The lowest BCUT2D eigenvalue weighted by atomic mass is 9.78. The first kappa shape index (κ1) is 20.4. The summed E-state index contributed by atoms with van der Waals surface area (Å²) in [6.45, 7) is 0. The molecule has 4 aromatic carbocycles. The lowest BCUT2D eigenvalue weighted by molar-refractivity contribution is -0.0433. The van der Waals surface area contributed by atoms with E-state index in [4.69, 9.17) is 21.1 Å². The van der Waals surface area contributed by atoms with Crippen molar-refractivity contribution in [2.45, 2.75) is 11.8 Å². The molecule has 0 saturated carbocycles. The number of hydrogen-bond donors (Lipinski definition) is 2. The van der Waals surface area contributed by atoms with Gasteiger partial charge in [0.1, 0.15) is 5.60 Å². The Bertz CT molecular complexity index is 1200. The number of nitrogens with one attached hydrogen (secondary N) is 1. The van der Waals surface area contributed by atoms with Crippen molar-refractivity contribution in [2.24, 2.45) is 0 Å². The van der Waals surface area contributed by atoms with Crippen LogP contribution in [0, 0.1) is 0 Å². The van der Waals surface area contributed by atoms with Crippen molar-refractivity contribution in [3.8, 4) is 11.5 Å². The summed E-state index contributed by atoms with van der Waals surface area (Å²) in [5, 5.41) is 13.9. The fourth-order valence-electron chi connectivity index (χ4n) is 4.34. The fourth-order valence-corrected chi connectivity index (χ4v) is 4.56. The molecule has 0 saturated heterocycles. The predicted molar refractivity (Wildman–Crippen MR) is 126 cm³/mol. The van der Waals surface area contributed by atoms with Gasteiger partial charge in [0.15, 0.2) is 17.7 Å². The average Bonchev–Trinajstić information content (AvgIpc) is 2.86. The van der Waals surface area contributed by atoms with Crippen LogP contribution in [-0.2, 0) is 10.3 Å². The highest BCUT2D eigenvalue weighted by Crippen LogP contribution is 2.51. The Hall–Kier alpha value is -3.47. The number of aromatic hydroxyl groups is 1. The van der Waals surface area contributed by atoms with Gasteiger partial charge >= 0.3 is 0 Å². The number of hydrogen-bond acceptors (Lipinski definition) is 4. The minimum Gasteiger partial charge on any atom is -0.503 e. The van der Waals surface area contributed by atoms with Crippen LogP contribution in [-0.4, -0.2) is 12.2 Å². The summed E-state index contributed by atoms with van der Waals surface area (Å²) in [4.78, 5) is 0. The standard InChI is InChI=1S/C27H22ClNO3/c1-31-24-17-18(16-22(28)25(24)30)26-29-23-15-9-8-14-21(23)27(32-26,19-10-4-2-5-11-19)20-12-6-3-7-13-20/h2-17,26,29-30H,1H3/t26-/m1/s1. The maximum absolute atomic E-state index is 10.2. The van der Waals surface area contributed by atoms with Gasteiger partial charge in [0.25, 0.3) is 0 Å². The molecule has 160 valence electrons. The zero-order chi connectivity index (χ0) is 22.1. The van der Waals surface area contributed by atoms with Crippen molar-refractivity contribution in [1.82, 2.24) is 0 Å². The molecule has 5 rings (SSSR count). The first-order chi connectivity index (χ1) is 15.6. The quantitative estimate of drug-likeness (QED) is 0.378. The Balaban J connectivity index is 1.76. The molecule has 1 atom stereocenters. The van der Waals surface area contributed by atoms with E-state index in [9.17, 15) is 5.11 Å². The first-order valence-electron chi connectivity index (χ1n) is 10.3. The molecule has 2 N–H and O–H groups in total. The number of phenolic OH excluding ortho intramolecular Hbond substituents is 1. The third kappa shape index (κ3) is 3.29. The third-order valence-corrected chi connectivity index (χ3v) is 6.11. The normalized spacial score (nSPS) is 16.6. The molecule has 1 heterocycles. The van der Waals surface area contributed by atoms with Gasteiger partial charge in [0.2, 0.25) is 0 Å². The summed E-state index contributed by atoms with van der Waals surface area (Å²) in [5.41, 5.74) is 3.90. The summed E-state index contributed by atoms with van der Waals surface area (Å²) in [6, 6.07) is 32.0. The van der Waals surface area contributed by atoms with Gasteiger partial charge in [-0.3, -0.25) is 0 Å². The van der Waals surface area contributed by atoms with Crippen LogP contribution in [0.15, 0.2) is 97.1 Å². The van der Waals surface area contributed by atoms with Crippen LogP contribution in [0.2, 0.25) is 5.02 Å². The average molecular weight is 444 g/mol. The number of fused-ring (bicyclic) bond motifs is 1.